The minimum absolute atomic E-state index is 0.376. The van der Waals surface area contributed by atoms with Crippen LogP contribution in [0.4, 0.5) is 5.69 Å². The van der Waals surface area contributed by atoms with Crippen molar-refractivity contribution >= 4 is 11.6 Å². The standard InChI is InChI=1S/C20H20N4O4/c1-13(20(26)22-15-9-16(27-2)11-17(10-15)28-3)24-19(25)7-6-18(23-24)14-5-4-8-21-12-14/h4-13H,1-3H3,(H,22,26). The Kier molecular flexibility index (Phi) is 5.69. The number of hydrogen-bond acceptors (Lipinski definition) is 6. The quantitative estimate of drug-likeness (QED) is 0.706. The molecule has 1 amide bonds. The van der Waals surface area contributed by atoms with Crippen LogP contribution in [0.2, 0.25) is 0 Å². The molecule has 1 unspecified atom stereocenters. The van der Waals surface area contributed by atoms with Crippen molar-refractivity contribution in [1.29, 1.82) is 0 Å². The first kappa shape index (κ1) is 19.1. The third-order valence-electron chi connectivity index (χ3n) is 4.15. The van der Waals surface area contributed by atoms with E-state index in [0.717, 1.165) is 10.2 Å². The highest BCUT2D eigenvalue weighted by Gasteiger charge is 2.19. The van der Waals surface area contributed by atoms with E-state index in [1.165, 1.54) is 20.3 Å². The highest BCUT2D eigenvalue weighted by atomic mass is 16.5. The molecule has 3 aromatic rings. The van der Waals surface area contributed by atoms with Crippen LogP contribution in [0.5, 0.6) is 11.5 Å². The van der Waals surface area contributed by atoms with E-state index in [0.29, 0.717) is 22.9 Å². The van der Waals surface area contributed by atoms with E-state index in [9.17, 15) is 9.59 Å². The van der Waals surface area contributed by atoms with Crippen molar-refractivity contribution in [2.24, 2.45) is 0 Å². The molecule has 0 spiro atoms. The summed E-state index contributed by atoms with van der Waals surface area (Å²) in [7, 11) is 3.05. The molecule has 0 fully saturated rings. The number of pyridine rings is 1. The molecule has 0 aliphatic heterocycles. The molecule has 1 aromatic carbocycles. The Bertz CT molecular complexity index is 1010. The molecule has 3 rings (SSSR count). The maximum absolute atomic E-state index is 12.7. The second-order valence-corrected chi connectivity index (χ2v) is 6.01. The van der Waals surface area contributed by atoms with Crippen molar-refractivity contribution in [3.63, 3.8) is 0 Å². The topological polar surface area (TPSA) is 95.3 Å². The number of carbonyl (C=O) groups excluding carboxylic acids is 1. The van der Waals surface area contributed by atoms with Gasteiger partial charge in [-0.05, 0) is 25.1 Å². The fourth-order valence-corrected chi connectivity index (χ4v) is 2.61. The highest BCUT2D eigenvalue weighted by molar-refractivity contribution is 5.93. The minimum atomic E-state index is -0.832. The molecule has 0 saturated heterocycles. The number of anilines is 1. The summed E-state index contributed by atoms with van der Waals surface area (Å²) in [6, 6.07) is 10.8. The molecule has 144 valence electrons. The Morgan fingerprint density at radius 1 is 1.11 bits per heavy atom. The number of hydrogen-bond donors (Lipinski definition) is 1. The average Bonchev–Trinajstić information content (AvgIpc) is 2.73. The van der Waals surface area contributed by atoms with Gasteiger partial charge in [0.25, 0.3) is 5.56 Å². The van der Waals surface area contributed by atoms with Crippen molar-refractivity contribution in [1.82, 2.24) is 14.8 Å². The third-order valence-corrected chi connectivity index (χ3v) is 4.15. The summed E-state index contributed by atoms with van der Waals surface area (Å²) in [4.78, 5) is 29.0. The van der Waals surface area contributed by atoms with E-state index in [-0.39, 0.29) is 5.56 Å². The molecular weight excluding hydrogens is 360 g/mol. The number of aromatic nitrogens is 3. The summed E-state index contributed by atoms with van der Waals surface area (Å²) >= 11 is 0. The van der Waals surface area contributed by atoms with E-state index in [2.05, 4.69) is 15.4 Å². The minimum Gasteiger partial charge on any atom is -0.497 e. The number of carbonyl (C=O) groups is 1. The Morgan fingerprint density at radius 3 is 2.43 bits per heavy atom. The first-order valence-electron chi connectivity index (χ1n) is 8.56. The second-order valence-electron chi connectivity index (χ2n) is 6.01. The third kappa shape index (κ3) is 4.17. The van der Waals surface area contributed by atoms with E-state index >= 15 is 0 Å². The van der Waals surface area contributed by atoms with Gasteiger partial charge >= 0.3 is 0 Å². The maximum atomic E-state index is 12.7. The van der Waals surface area contributed by atoms with Crippen LogP contribution in [0, 0.1) is 0 Å². The van der Waals surface area contributed by atoms with Gasteiger partial charge in [-0.3, -0.25) is 14.6 Å². The maximum Gasteiger partial charge on any atom is 0.267 e. The summed E-state index contributed by atoms with van der Waals surface area (Å²) in [5, 5.41) is 7.09. The van der Waals surface area contributed by atoms with Crippen molar-refractivity contribution in [3.05, 3.63) is 65.2 Å². The fourth-order valence-electron chi connectivity index (χ4n) is 2.61. The summed E-state index contributed by atoms with van der Waals surface area (Å²) in [5.41, 5.74) is 1.42. The predicted octanol–water partition coefficient (Wildman–Crippen LogP) is 2.52. The molecule has 8 heteroatoms. The molecule has 2 aromatic heterocycles. The van der Waals surface area contributed by atoms with Gasteiger partial charge in [0.15, 0.2) is 0 Å². The molecule has 1 N–H and O–H groups in total. The Hall–Kier alpha value is -3.68. The SMILES string of the molecule is COc1cc(NC(=O)C(C)n2nc(-c3cccnc3)ccc2=O)cc(OC)c1. The van der Waals surface area contributed by atoms with Crippen molar-refractivity contribution in [2.75, 3.05) is 19.5 Å². The van der Waals surface area contributed by atoms with Gasteiger partial charge in [0.2, 0.25) is 5.91 Å². The average molecular weight is 380 g/mol. The molecule has 0 saturated carbocycles. The summed E-state index contributed by atoms with van der Waals surface area (Å²) in [5.74, 6) is 0.681. The Morgan fingerprint density at radius 2 is 1.82 bits per heavy atom. The summed E-state index contributed by atoms with van der Waals surface area (Å²) < 4.78 is 11.6. The van der Waals surface area contributed by atoms with Gasteiger partial charge in [-0.15, -0.1) is 0 Å². The molecule has 0 radical (unpaired) electrons. The highest BCUT2D eigenvalue weighted by Crippen LogP contribution is 2.26. The molecule has 0 aliphatic carbocycles. The number of rotatable bonds is 6. The predicted molar refractivity (Wildman–Crippen MR) is 105 cm³/mol. The number of benzene rings is 1. The van der Waals surface area contributed by atoms with Crippen LogP contribution in [-0.2, 0) is 4.79 Å². The number of methoxy groups -OCH3 is 2. The van der Waals surface area contributed by atoms with Crippen LogP contribution in [0.25, 0.3) is 11.3 Å². The van der Waals surface area contributed by atoms with Crippen LogP contribution >= 0.6 is 0 Å². The van der Waals surface area contributed by atoms with Gasteiger partial charge in [0, 0.05) is 47.9 Å². The van der Waals surface area contributed by atoms with Crippen molar-refractivity contribution in [3.8, 4) is 22.8 Å². The van der Waals surface area contributed by atoms with Crippen LogP contribution in [-0.4, -0.2) is 34.9 Å². The molecular formula is C20H20N4O4. The monoisotopic (exact) mass is 380 g/mol. The van der Waals surface area contributed by atoms with Gasteiger partial charge < -0.3 is 14.8 Å². The Labute approximate surface area is 161 Å². The fraction of sp³-hybridized carbons (Fsp3) is 0.200. The van der Waals surface area contributed by atoms with Crippen molar-refractivity contribution in [2.45, 2.75) is 13.0 Å². The lowest BCUT2D eigenvalue weighted by Crippen LogP contribution is -2.33. The summed E-state index contributed by atoms with van der Waals surface area (Å²) in [6.07, 6.45) is 3.29. The van der Waals surface area contributed by atoms with E-state index in [1.54, 1.807) is 49.6 Å². The lowest BCUT2D eigenvalue weighted by molar-refractivity contribution is -0.119. The normalized spacial score (nSPS) is 11.5. The zero-order valence-corrected chi connectivity index (χ0v) is 15.7. The molecule has 0 bridgehead atoms. The van der Waals surface area contributed by atoms with E-state index in [4.69, 9.17) is 9.47 Å². The number of nitrogens with zero attached hydrogens (tertiary/aromatic N) is 3. The largest absolute Gasteiger partial charge is 0.497 e. The van der Waals surface area contributed by atoms with Gasteiger partial charge in [0.1, 0.15) is 17.5 Å². The van der Waals surface area contributed by atoms with Gasteiger partial charge in [-0.2, -0.15) is 5.10 Å². The first-order valence-corrected chi connectivity index (χ1v) is 8.56. The summed E-state index contributed by atoms with van der Waals surface area (Å²) in [6.45, 7) is 1.61. The number of nitrogens with one attached hydrogen (secondary N) is 1. The van der Waals surface area contributed by atoms with E-state index < -0.39 is 11.9 Å². The van der Waals surface area contributed by atoms with E-state index in [1.807, 2.05) is 6.07 Å². The lowest BCUT2D eigenvalue weighted by Gasteiger charge is -2.16. The molecule has 8 nitrogen and oxygen atoms in total. The first-order chi connectivity index (χ1) is 13.5. The second kappa shape index (κ2) is 8.34. The van der Waals surface area contributed by atoms with Crippen LogP contribution in [0.1, 0.15) is 13.0 Å². The molecule has 0 aliphatic rings. The van der Waals surface area contributed by atoms with Crippen LogP contribution in [0.3, 0.4) is 0 Å². The smallest absolute Gasteiger partial charge is 0.267 e. The van der Waals surface area contributed by atoms with Crippen LogP contribution in [0.15, 0.2) is 59.7 Å². The zero-order chi connectivity index (χ0) is 20.1. The Balaban J connectivity index is 1.87. The van der Waals surface area contributed by atoms with Crippen LogP contribution < -0.4 is 20.3 Å². The molecule has 28 heavy (non-hydrogen) atoms. The van der Waals surface area contributed by atoms with Gasteiger partial charge in [-0.25, -0.2) is 4.68 Å². The molecule has 2 heterocycles. The lowest BCUT2D eigenvalue weighted by atomic mass is 10.2. The molecule has 1 atom stereocenters. The zero-order valence-electron chi connectivity index (χ0n) is 15.7. The van der Waals surface area contributed by atoms with Gasteiger partial charge in [0.05, 0.1) is 19.9 Å². The van der Waals surface area contributed by atoms with Gasteiger partial charge in [-0.1, -0.05) is 0 Å². The van der Waals surface area contributed by atoms with Crippen molar-refractivity contribution < 1.29 is 14.3 Å². The number of ether oxygens (including phenoxy) is 2. The number of amides is 1.